The fourth-order valence-corrected chi connectivity index (χ4v) is 2.20. The van der Waals surface area contributed by atoms with E-state index in [0.29, 0.717) is 0 Å². The molecule has 0 bridgehead atoms. The molecular weight excluding hydrogens is 168 g/mol. The van der Waals surface area contributed by atoms with Gasteiger partial charge in [-0.2, -0.15) is 5.10 Å². The highest BCUT2D eigenvalue weighted by atomic mass is 32.1. The smallest absolute Gasteiger partial charge is 0.0702 e. The first-order chi connectivity index (χ1) is 5.63. The van der Waals surface area contributed by atoms with Crippen LogP contribution in [0.5, 0.6) is 0 Å². The summed E-state index contributed by atoms with van der Waals surface area (Å²) in [5.41, 5.74) is 1.35. The molecule has 0 aliphatic carbocycles. The molecule has 1 aromatic heterocycles. The first-order valence-corrected chi connectivity index (χ1v) is 4.69. The molecule has 1 rings (SSSR count). The second-order valence-electron chi connectivity index (χ2n) is 2.92. The van der Waals surface area contributed by atoms with Crippen LogP contribution in [-0.2, 0) is 6.54 Å². The maximum atomic E-state index is 3.82. The number of hydrazone groups is 1. The van der Waals surface area contributed by atoms with Gasteiger partial charge in [-0.25, -0.2) is 0 Å². The van der Waals surface area contributed by atoms with Crippen LogP contribution in [0, 0.1) is 13.8 Å². The molecule has 0 amide bonds. The molecule has 0 atom stereocenters. The number of aryl methyl sites for hydroxylation is 2. The van der Waals surface area contributed by atoms with Crippen molar-refractivity contribution in [2.24, 2.45) is 5.10 Å². The monoisotopic (exact) mass is 182 g/mol. The van der Waals surface area contributed by atoms with Crippen molar-refractivity contribution in [1.29, 1.82) is 0 Å². The molecule has 2 nitrogen and oxygen atoms in total. The zero-order chi connectivity index (χ0) is 9.14. The summed E-state index contributed by atoms with van der Waals surface area (Å²) in [5, 5.41) is 5.67. The minimum atomic E-state index is 0.869. The summed E-state index contributed by atoms with van der Waals surface area (Å²) in [4.78, 5) is 2.74. The molecular formula is C9H14N2S. The van der Waals surface area contributed by atoms with Crippen molar-refractivity contribution in [3.63, 3.8) is 0 Å². The van der Waals surface area contributed by atoms with Gasteiger partial charge in [0, 0.05) is 23.5 Å². The number of thiophene rings is 1. The van der Waals surface area contributed by atoms with Crippen LogP contribution in [0.2, 0.25) is 0 Å². The highest BCUT2D eigenvalue weighted by Gasteiger charge is 2.03. The van der Waals surface area contributed by atoms with Gasteiger partial charge in [-0.15, -0.1) is 11.3 Å². The van der Waals surface area contributed by atoms with Gasteiger partial charge in [0.1, 0.15) is 0 Å². The molecule has 0 unspecified atom stereocenters. The number of hydrogen-bond donors (Lipinski definition) is 0. The molecule has 0 N–H and O–H groups in total. The van der Waals surface area contributed by atoms with E-state index in [2.05, 4.69) is 31.7 Å². The molecule has 0 fully saturated rings. The quantitative estimate of drug-likeness (QED) is 0.518. The van der Waals surface area contributed by atoms with Crippen LogP contribution in [0.25, 0.3) is 0 Å². The summed E-state index contributed by atoms with van der Waals surface area (Å²) in [6, 6.07) is 2.21. The molecule has 0 spiro atoms. The summed E-state index contributed by atoms with van der Waals surface area (Å²) in [7, 11) is 1.93. The Kier molecular flexibility index (Phi) is 2.87. The van der Waals surface area contributed by atoms with Crippen molar-refractivity contribution < 1.29 is 0 Å². The molecule has 66 valence electrons. The Morgan fingerprint density at radius 2 is 2.25 bits per heavy atom. The maximum absolute atomic E-state index is 3.82. The van der Waals surface area contributed by atoms with Crippen molar-refractivity contribution in [2.45, 2.75) is 20.4 Å². The standard InChI is InChI=1S/C9H14N2S/c1-7-5-8(2)12-9(7)6-11(4)10-3/h5H,3,6H2,1-2,4H3. The van der Waals surface area contributed by atoms with E-state index >= 15 is 0 Å². The van der Waals surface area contributed by atoms with Crippen LogP contribution < -0.4 is 0 Å². The Bertz CT molecular complexity index is 278. The summed E-state index contributed by atoms with van der Waals surface area (Å²) < 4.78 is 0. The van der Waals surface area contributed by atoms with Gasteiger partial charge in [0.15, 0.2) is 0 Å². The molecule has 1 aromatic rings. The minimum Gasteiger partial charge on any atom is -0.295 e. The lowest BCUT2D eigenvalue weighted by atomic mass is 10.3. The molecule has 0 radical (unpaired) electrons. The third-order valence-electron chi connectivity index (χ3n) is 1.76. The van der Waals surface area contributed by atoms with Gasteiger partial charge in [0.25, 0.3) is 0 Å². The third kappa shape index (κ3) is 2.08. The molecule has 0 aromatic carbocycles. The molecule has 0 saturated carbocycles. The highest BCUT2D eigenvalue weighted by Crippen LogP contribution is 2.21. The second-order valence-corrected chi connectivity index (χ2v) is 4.26. The van der Waals surface area contributed by atoms with Gasteiger partial charge < -0.3 is 0 Å². The molecule has 0 saturated heterocycles. The fourth-order valence-electron chi connectivity index (χ4n) is 1.10. The minimum absolute atomic E-state index is 0.869. The first-order valence-electron chi connectivity index (χ1n) is 3.87. The van der Waals surface area contributed by atoms with Gasteiger partial charge in [0.05, 0.1) is 6.54 Å². The lowest BCUT2D eigenvalue weighted by molar-refractivity contribution is 0.353. The zero-order valence-electron chi connectivity index (χ0n) is 7.79. The molecule has 0 aliphatic heterocycles. The van der Waals surface area contributed by atoms with Crippen molar-refractivity contribution >= 4 is 18.1 Å². The predicted molar refractivity (Wildman–Crippen MR) is 54.8 cm³/mol. The fraction of sp³-hybridized carbons (Fsp3) is 0.444. The lowest BCUT2D eigenvalue weighted by Gasteiger charge is -2.10. The van der Waals surface area contributed by atoms with E-state index in [9.17, 15) is 0 Å². The Hall–Kier alpha value is -0.830. The largest absolute Gasteiger partial charge is 0.295 e. The van der Waals surface area contributed by atoms with Crippen molar-refractivity contribution in [2.75, 3.05) is 7.05 Å². The highest BCUT2D eigenvalue weighted by molar-refractivity contribution is 7.12. The van der Waals surface area contributed by atoms with Gasteiger partial charge in [0.2, 0.25) is 0 Å². The average molecular weight is 182 g/mol. The Morgan fingerprint density at radius 3 is 2.67 bits per heavy atom. The van der Waals surface area contributed by atoms with Gasteiger partial charge >= 0.3 is 0 Å². The average Bonchev–Trinajstić information content (AvgIpc) is 2.30. The lowest BCUT2D eigenvalue weighted by Crippen LogP contribution is -2.08. The normalized spacial score (nSPS) is 9.92. The third-order valence-corrected chi connectivity index (χ3v) is 2.89. The van der Waals surface area contributed by atoms with Crippen LogP contribution >= 0.6 is 11.3 Å². The van der Waals surface area contributed by atoms with E-state index in [-0.39, 0.29) is 0 Å². The van der Waals surface area contributed by atoms with Crippen LogP contribution in [0.3, 0.4) is 0 Å². The second kappa shape index (κ2) is 3.72. The van der Waals surface area contributed by atoms with Crippen LogP contribution in [0.1, 0.15) is 15.3 Å². The van der Waals surface area contributed by atoms with E-state index in [1.165, 1.54) is 15.3 Å². The summed E-state index contributed by atoms with van der Waals surface area (Å²) in [6.07, 6.45) is 0. The van der Waals surface area contributed by atoms with Crippen molar-refractivity contribution in [1.82, 2.24) is 5.01 Å². The van der Waals surface area contributed by atoms with Gasteiger partial charge in [-0.3, -0.25) is 5.01 Å². The van der Waals surface area contributed by atoms with E-state index in [1.54, 1.807) is 0 Å². The molecule has 12 heavy (non-hydrogen) atoms. The van der Waals surface area contributed by atoms with Crippen LogP contribution in [0.15, 0.2) is 11.2 Å². The Labute approximate surface area is 77.5 Å². The zero-order valence-corrected chi connectivity index (χ0v) is 8.61. The molecule has 3 heteroatoms. The molecule has 1 heterocycles. The Balaban J connectivity index is 2.74. The van der Waals surface area contributed by atoms with Crippen LogP contribution in [0.4, 0.5) is 0 Å². The van der Waals surface area contributed by atoms with Gasteiger partial charge in [-0.1, -0.05) is 0 Å². The van der Waals surface area contributed by atoms with E-state index in [1.807, 2.05) is 23.4 Å². The number of nitrogens with zero attached hydrogens (tertiary/aromatic N) is 2. The number of rotatable bonds is 3. The predicted octanol–water partition coefficient (Wildman–Crippen LogP) is 2.41. The Morgan fingerprint density at radius 1 is 1.58 bits per heavy atom. The first kappa shape index (κ1) is 9.26. The van der Waals surface area contributed by atoms with Crippen molar-refractivity contribution in [3.05, 3.63) is 21.4 Å². The van der Waals surface area contributed by atoms with E-state index in [4.69, 9.17) is 0 Å². The summed E-state index contributed by atoms with van der Waals surface area (Å²) in [6.45, 7) is 8.60. The maximum Gasteiger partial charge on any atom is 0.0702 e. The van der Waals surface area contributed by atoms with Gasteiger partial charge in [-0.05, 0) is 25.5 Å². The summed E-state index contributed by atoms with van der Waals surface area (Å²) >= 11 is 1.83. The SMILES string of the molecule is C=NN(C)Cc1sc(C)cc1C. The topological polar surface area (TPSA) is 15.6 Å². The van der Waals surface area contributed by atoms with E-state index in [0.717, 1.165) is 6.54 Å². The van der Waals surface area contributed by atoms with Crippen molar-refractivity contribution in [3.8, 4) is 0 Å². The van der Waals surface area contributed by atoms with E-state index < -0.39 is 0 Å². The number of hydrogen-bond acceptors (Lipinski definition) is 3. The molecule has 0 aliphatic rings. The van der Waals surface area contributed by atoms with Crippen LogP contribution in [-0.4, -0.2) is 18.8 Å². The summed E-state index contributed by atoms with van der Waals surface area (Å²) in [5.74, 6) is 0.